The smallest absolute Gasteiger partial charge is 0.338 e. The van der Waals surface area contributed by atoms with E-state index >= 15 is 0 Å². The molecule has 1 N–H and O–H groups in total. The quantitative estimate of drug-likeness (QED) is 0.466. The highest BCUT2D eigenvalue weighted by molar-refractivity contribution is 7.07. The molecule has 0 saturated carbocycles. The van der Waals surface area contributed by atoms with Crippen molar-refractivity contribution in [2.45, 2.75) is 19.9 Å². The van der Waals surface area contributed by atoms with Crippen molar-refractivity contribution >= 4 is 29.2 Å². The van der Waals surface area contributed by atoms with E-state index in [0.717, 1.165) is 0 Å². The fraction of sp³-hybridized carbons (Fsp3) is 0.269. The maximum Gasteiger partial charge on any atom is 0.338 e. The lowest BCUT2D eigenvalue weighted by Crippen LogP contribution is -2.40. The van der Waals surface area contributed by atoms with Crippen molar-refractivity contribution in [3.05, 3.63) is 79.0 Å². The van der Waals surface area contributed by atoms with E-state index in [4.69, 9.17) is 18.9 Å². The Labute approximate surface area is 211 Å². The molecule has 0 unspecified atom stereocenters. The van der Waals surface area contributed by atoms with Crippen LogP contribution in [0.2, 0.25) is 0 Å². The maximum absolute atomic E-state index is 13.7. The van der Waals surface area contributed by atoms with Crippen molar-refractivity contribution in [1.29, 1.82) is 0 Å². The number of fused-ring (bicyclic) bond motifs is 1. The number of hydrogen-bond acceptors (Lipinski definition) is 9. The third-order valence-corrected chi connectivity index (χ3v) is 6.69. The molecule has 9 nitrogen and oxygen atoms in total. The minimum atomic E-state index is -0.756. The van der Waals surface area contributed by atoms with E-state index in [1.54, 1.807) is 52.5 Å². The van der Waals surface area contributed by atoms with E-state index in [2.05, 4.69) is 10.3 Å². The van der Waals surface area contributed by atoms with Gasteiger partial charge in [-0.2, -0.15) is 0 Å². The molecule has 188 valence electrons. The average molecular weight is 510 g/mol. The van der Waals surface area contributed by atoms with Crippen LogP contribution in [0, 0.1) is 0 Å². The van der Waals surface area contributed by atoms with Gasteiger partial charge in [-0.05, 0) is 43.7 Å². The van der Waals surface area contributed by atoms with E-state index in [1.807, 2.05) is 24.3 Å². The summed E-state index contributed by atoms with van der Waals surface area (Å²) in [4.78, 5) is 31.8. The number of methoxy groups -OCH3 is 3. The number of thiazole rings is 1. The van der Waals surface area contributed by atoms with Gasteiger partial charge < -0.3 is 24.3 Å². The van der Waals surface area contributed by atoms with Gasteiger partial charge in [-0.25, -0.2) is 9.79 Å². The number of aromatic nitrogens is 1. The van der Waals surface area contributed by atoms with Crippen LogP contribution in [-0.4, -0.2) is 38.5 Å². The largest absolute Gasteiger partial charge is 0.495 e. The van der Waals surface area contributed by atoms with Crippen LogP contribution >= 0.6 is 11.3 Å². The molecule has 4 rings (SSSR count). The second-order valence-electron chi connectivity index (χ2n) is 7.76. The Morgan fingerprint density at radius 3 is 2.50 bits per heavy atom. The first-order valence-electron chi connectivity index (χ1n) is 11.2. The molecule has 0 amide bonds. The van der Waals surface area contributed by atoms with E-state index in [1.165, 1.54) is 23.0 Å². The van der Waals surface area contributed by atoms with Crippen molar-refractivity contribution in [3.63, 3.8) is 0 Å². The van der Waals surface area contributed by atoms with Gasteiger partial charge in [-0.1, -0.05) is 29.5 Å². The zero-order valence-corrected chi connectivity index (χ0v) is 21.5. The molecule has 2 heterocycles. The van der Waals surface area contributed by atoms with E-state index < -0.39 is 12.0 Å². The molecule has 2 aromatic carbocycles. The lowest BCUT2D eigenvalue weighted by atomic mass is 9.95. The normalized spacial score (nSPS) is 15.1. The molecule has 1 aromatic heterocycles. The van der Waals surface area contributed by atoms with Crippen LogP contribution < -0.4 is 34.4 Å². The summed E-state index contributed by atoms with van der Waals surface area (Å²) < 4.78 is 23.5. The predicted molar refractivity (Wildman–Crippen MR) is 137 cm³/mol. The van der Waals surface area contributed by atoms with E-state index in [-0.39, 0.29) is 12.2 Å². The SMILES string of the molecule is CCOC(=O)C1=C(C)N=c2s/c(=C\Nc3ccccc3OC)c(=O)n2[C@@H]1c1ccc(OC)c(OC)c1. The summed E-state index contributed by atoms with van der Waals surface area (Å²) in [5, 5.41) is 3.15. The minimum absolute atomic E-state index is 0.196. The summed E-state index contributed by atoms with van der Waals surface area (Å²) in [7, 11) is 4.66. The fourth-order valence-corrected chi connectivity index (χ4v) is 5.01. The number of rotatable bonds is 8. The number of carbonyl (C=O) groups is 1. The van der Waals surface area contributed by atoms with Gasteiger partial charge >= 0.3 is 5.97 Å². The number of allylic oxidation sites excluding steroid dienone is 1. The Balaban J connectivity index is 1.89. The van der Waals surface area contributed by atoms with Crippen LogP contribution in [0.25, 0.3) is 6.20 Å². The highest BCUT2D eigenvalue weighted by Crippen LogP contribution is 2.36. The summed E-state index contributed by atoms with van der Waals surface area (Å²) in [5.41, 5.74) is 1.86. The van der Waals surface area contributed by atoms with Crippen molar-refractivity contribution in [2.75, 3.05) is 33.3 Å². The molecule has 1 aliphatic heterocycles. The molecule has 1 atom stereocenters. The van der Waals surface area contributed by atoms with Gasteiger partial charge in [0.1, 0.15) is 10.3 Å². The average Bonchev–Trinajstić information content (AvgIpc) is 3.20. The second kappa shape index (κ2) is 10.7. The first-order chi connectivity index (χ1) is 17.4. The summed E-state index contributed by atoms with van der Waals surface area (Å²) in [6.45, 7) is 3.67. The summed E-state index contributed by atoms with van der Waals surface area (Å²) >= 11 is 1.22. The van der Waals surface area contributed by atoms with Gasteiger partial charge in [0.2, 0.25) is 0 Å². The predicted octanol–water partition coefficient (Wildman–Crippen LogP) is 2.85. The molecule has 1 aliphatic rings. The lowest BCUT2D eigenvalue weighted by Gasteiger charge is -2.25. The first-order valence-corrected chi connectivity index (χ1v) is 12.0. The van der Waals surface area contributed by atoms with Gasteiger partial charge in [0, 0.05) is 6.20 Å². The molecule has 0 fully saturated rings. The van der Waals surface area contributed by atoms with Crippen LogP contribution in [-0.2, 0) is 9.53 Å². The van der Waals surface area contributed by atoms with Crippen molar-refractivity contribution in [2.24, 2.45) is 4.99 Å². The number of esters is 1. The first kappa shape index (κ1) is 25.1. The number of anilines is 1. The summed E-state index contributed by atoms with van der Waals surface area (Å²) in [6, 6.07) is 11.9. The van der Waals surface area contributed by atoms with Gasteiger partial charge in [0.15, 0.2) is 16.3 Å². The van der Waals surface area contributed by atoms with Crippen LogP contribution in [0.1, 0.15) is 25.5 Å². The number of ether oxygens (including phenoxy) is 4. The molecule has 3 aromatic rings. The number of hydrogen-bond donors (Lipinski definition) is 1. The topological polar surface area (TPSA) is 100 Å². The number of nitrogens with one attached hydrogen (secondary N) is 1. The molecular formula is C26H27N3O6S. The zero-order chi connectivity index (χ0) is 25.8. The molecule has 0 aliphatic carbocycles. The Morgan fingerprint density at radius 1 is 1.08 bits per heavy atom. The summed E-state index contributed by atoms with van der Waals surface area (Å²) in [5.74, 6) is 1.13. The van der Waals surface area contributed by atoms with Crippen LogP contribution in [0.3, 0.4) is 0 Å². The van der Waals surface area contributed by atoms with Gasteiger partial charge in [-0.3, -0.25) is 9.36 Å². The van der Waals surface area contributed by atoms with Crippen molar-refractivity contribution in [1.82, 2.24) is 4.57 Å². The highest BCUT2D eigenvalue weighted by atomic mass is 32.1. The van der Waals surface area contributed by atoms with E-state index in [0.29, 0.717) is 49.1 Å². The van der Waals surface area contributed by atoms with Crippen molar-refractivity contribution in [3.8, 4) is 17.2 Å². The lowest BCUT2D eigenvalue weighted by molar-refractivity contribution is -0.139. The van der Waals surface area contributed by atoms with Gasteiger partial charge in [-0.15, -0.1) is 0 Å². The third kappa shape index (κ3) is 4.59. The van der Waals surface area contributed by atoms with Crippen LogP contribution in [0.5, 0.6) is 17.2 Å². The number of benzene rings is 2. The molecule has 0 spiro atoms. The molecular weight excluding hydrogens is 482 g/mol. The number of nitrogens with zero attached hydrogens (tertiary/aromatic N) is 2. The molecule has 36 heavy (non-hydrogen) atoms. The monoisotopic (exact) mass is 509 g/mol. The molecule has 0 saturated heterocycles. The van der Waals surface area contributed by atoms with E-state index in [9.17, 15) is 9.59 Å². The fourth-order valence-electron chi connectivity index (χ4n) is 4.04. The highest BCUT2D eigenvalue weighted by Gasteiger charge is 2.33. The Morgan fingerprint density at radius 2 is 1.81 bits per heavy atom. The molecule has 0 bridgehead atoms. The Bertz CT molecular complexity index is 1500. The van der Waals surface area contributed by atoms with Gasteiger partial charge in [0.05, 0.1) is 50.9 Å². The zero-order valence-electron chi connectivity index (χ0n) is 20.7. The standard InChI is InChI=1S/C26H27N3O6S/c1-6-35-25(31)22-15(2)28-26-29(23(22)16-11-12-19(33-4)20(13-16)34-5)24(30)21(36-26)14-27-17-9-7-8-10-18(17)32-3/h7-14,23,27H,6H2,1-5H3/b21-14-/t23-/m1/s1. The Kier molecular flexibility index (Phi) is 7.44. The minimum Gasteiger partial charge on any atom is -0.495 e. The van der Waals surface area contributed by atoms with Crippen molar-refractivity contribution < 1.29 is 23.7 Å². The number of carbonyl (C=O) groups excluding carboxylic acids is 1. The third-order valence-electron chi connectivity index (χ3n) is 5.71. The molecule has 10 heteroatoms. The summed E-state index contributed by atoms with van der Waals surface area (Å²) in [6.07, 6.45) is 1.62. The Hall–Kier alpha value is -4.05. The second-order valence-corrected chi connectivity index (χ2v) is 8.77. The maximum atomic E-state index is 13.7. The van der Waals surface area contributed by atoms with Gasteiger partial charge in [0.25, 0.3) is 5.56 Å². The van der Waals surface area contributed by atoms with Crippen LogP contribution in [0.15, 0.2) is 63.5 Å². The molecule has 0 radical (unpaired) electrons. The number of para-hydroxylation sites is 2. The van der Waals surface area contributed by atoms with Crippen LogP contribution in [0.4, 0.5) is 5.69 Å².